The first-order chi connectivity index (χ1) is 8.16. The van der Waals surface area contributed by atoms with Crippen molar-refractivity contribution in [3.8, 4) is 11.5 Å². The van der Waals surface area contributed by atoms with Crippen molar-refractivity contribution in [3.63, 3.8) is 0 Å². The lowest BCUT2D eigenvalue weighted by Gasteiger charge is -2.09. The Morgan fingerprint density at radius 2 is 2.06 bits per heavy atom. The molecule has 17 heavy (non-hydrogen) atoms. The van der Waals surface area contributed by atoms with Gasteiger partial charge in [0, 0.05) is 0 Å². The highest BCUT2D eigenvalue weighted by molar-refractivity contribution is 5.95. The van der Waals surface area contributed by atoms with Gasteiger partial charge in [-0.05, 0) is 42.8 Å². The fourth-order valence-electron chi connectivity index (χ4n) is 1.51. The fraction of sp³-hybridized carbons (Fsp3) is 0.0714. The number of carbonyl (C=O) groups excluding carboxylic acids is 1. The van der Waals surface area contributed by atoms with Crippen molar-refractivity contribution in [1.29, 1.82) is 0 Å². The van der Waals surface area contributed by atoms with Crippen molar-refractivity contribution in [2.45, 2.75) is 6.92 Å². The zero-order chi connectivity index (χ0) is 12.3. The SMILES string of the molecule is Cc1[c]ccc(Oc2ccccc2C(N)=O)c1. The number of rotatable bonds is 3. The summed E-state index contributed by atoms with van der Waals surface area (Å²) in [5, 5.41) is 0. The van der Waals surface area contributed by atoms with Crippen LogP contribution in [0.3, 0.4) is 0 Å². The predicted octanol–water partition coefficient (Wildman–Crippen LogP) is 2.69. The van der Waals surface area contributed by atoms with Gasteiger partial charge in [-0.3, -0.25) is 4.79 Å². The third-order valence-electron chi connectivity index (χ3n) is 2.30. The van der Waals surface area contributed by atoms with Crippen LogP contribution >= 0.6 is 0 Å². The maximum atomic E-state index is 11.2. The Labute approximate surface area is 99.8 Å². The Morgan fingerprint density at radius 3 is 2.76 bits per heavy atom. The maximum Gasteiger partial charge on any atom is 0.252 e. The van der Waals surface area contributed by atoms with Crippen LogP contribution < -0.4 is 10.5 Å². The van der Waals surface area contributed by atoms with E-state index in [2.05, 4.69) is 6.07 Å². The van der Waals surface area contributed by atoms with Gasteiger partial charge in [0.15, 0.2) is 0 Å². The second-order valence-corrected chi connectivity index (χ2v) is 3.67. The normalized spacial score (nSPS) is 9.94. The maximum absolute atomic E-state index is 11.2. The van der Waals surface area contributed by atoms with Gasteiger partial charge in [-0.15, -0.1) is 0 Å². The molecule has 2 aromatic rings. The summed E-state index contributed by atoms with van der Waals surface area (Å²) < 4.78 is 5.63. The summed E-state index contributed by atoms with van der Waals surface area (Å²) >= 11 is 0. The molecule has 2 aromatic carbocycles. The van der Waals surface area contributed by atoms with Crippen LogP contribution in [-0.4, -0.2) is 5.91 Å². The Morgan fingerprint density at radius 1 is 1.29 bits per heavy atom. The van der Waals surface area contributed by atoms with E-state index < -0.39 is 5.91 Å². The Balaban J connectivity index is 2.33. The van der Waals surface area contributed by atoms with Crippen molar-refractivity contribution in [2.24, 2.45) is 5.73 Å². The van der Waals surface area contributed by atoms with Crippen LogP contribution in [0.1, 0.15) is 15.9 Å². The van der Waals surface area contributed by atoms with E-state index >= 15 is 0 Å². The average Bonchev–Trinajstić information content (AvgIpc) is 2.29. The molecule has 0 aliphatic carbocycles. The van der Waals surface area contributed by atoms with Gasteiger partial charge in [0.25, 0.3) is 5.91 Å². The van der Waals surface area contributed by atoms with Gasteiger partial charge in [-0.25, -0.2) is 0 Å². The molecule has 0 unspecified atom stereocenters. The number of hydrogen-bond donors (Lipinski definition) is 1. The van der Waals surface area contributed by atoms with Crippen LogP contribution in [0, 0.1) is 13.0 Å². The molecule has 0 saturated heterocycles. The topological polar surface area (TPSA) is 52.3 Å². The molecule has 2 rings (SSSR count). The lowest BCUT2D eigenvalue weighted by atomic mass is 10.2. The molecular formula is C14H12NO2. The molecule has 0 aliphatic heterocycles. The summed E-state index contributed by atoms with van der Waals surface area (Å²) in [6.07, 6.45) is 0. The van der Waals surface area contributed by atoms with Crippen molar-refractivity contribution in [2.75, 3.05) is 0 Å². The Kier molecular flexibility index (Phi) is 3.10. The molecule has 2 N–H and O–H groups in total. The van der Waals surface area contributed by atoms with Gasteiger partial charge in [-0.1, -0.05) is 18.2 Å². The van der Waals surface area contributed by atoms with E-state index in [1.165, 1.54) is 0 Å². The number of benzene rings is 2. The zero-order valence-electron chi connectivity index (χ0n) is 9.44. The molecule has 0 saturated carbocycles. The van der Waals surface area contributed by atoms with E-state index in [1.807, 2.05) is 13.0 Å². The number of amides is 1. The fourth-order valence-corrected chi connectivity index (χ4v) is 1.51. The highest BCUT2D eigenvalue weighted by atomic mass is 16.5. The smallest absolute Gasteiger partial charge is 0.252 e. The van der Waals surface area contributed by atoms with E-state index in [0.717, 1.165) is 5.56 Å². The van der Waals surface area contributed by atoms with Crippen LogP contribution in [0.2, 0.25) is 0 Å². The standard InChI is InChI=1S/C14H12NO2/c1-10-5-4-6-11(9-10)17-13-8-3-2-7-12(13)14(15)16/h2-4,6-9H,1H3,(H2,15,16). The summed E-state index contributed by atoms with van der Waals surface area (Å²) in [5.74, 6) is 0.625. The van der Waals surface area contributed by atoms with Gasteiger partial charge >= 0.3 is 0 Å². The molecule has 0 fully saturated rings. The van der Waals surface area contributed by atoms with Crippen molar-refractivity contribution < 1.29 is 9.53 Å². The molecule has 1 radical (unpaired) electrons. The van der Waals surface area contributed by atoms with E-state index in [0.29, 0.717) is 17.1 Å². The monoisotopic (exact) mass is 226 g/mol. The molecule has 3 nitrogen and oxygen atoms in total. The molecule has 0 heterocycles. The molecule has 0 bridgehead atoms. The number of primary amides is 1. The molecule has 3 heteroatoms. The largest absolute Gasteiger partial charge is 0.457 e. The first-order valence-corrected chi connectivity index (χ1v) is 5.22. The minimum absolute atomic E-state index is 0.373. The van der Waals surface area contributed by atoms with E-state index in [4.69, 9.17) is 10.5 Å². The van der Waals surface area contributed by atoms with Crippen LogP contribution in [0.15, 0.2) is 42.5 Å². The first kappa shape index (κ1) is 11.2. The van der Waals surface area contributed by atoms with Crippen molar-refractivity contribution >= 4 is 5.91 Å². The van der Waals surface area contributed by atoms with E-state index in [1.54, 1.807) is 36.4 Å². The van der Waals surface area contributed by atoms with Crippen LogP contribution in [-0.2, 0) is 0 Å². The summed E-state index contributed by atoms with van der Waals surface area (Å²) in [6, 6.07) is 15.3. The number of aryl methyl sites for hydroxylation is 1. The molecule has 0 aliphatic rings. The number of nitrogens with two attached hydrogens (primary N) is 1. The van der Waals surface area contributed by atoms with Crippen LogP contribution in [0.25, 0.3) is 0 Å². The minimum atomic E-state index is -0.500. The minimum Gasteiger partial charge on any atom is -0.457 e. The zero-order valence-corrected chi connectivity index (χ0v) is 9.44. The average molecular weight is 226 g/mol. The Bertz CT molecular complexity index is 549. The molecule has 0 atom stereocenters. The molecule has 0 aromatic heterocycles. The van der Waals surface area contributed by atoms with Gasteiger partial charge in [-0.2, -0.15) is 0 Å². The number of carbonyl (C=O) groups is 1. The van der Waals surface area contributed by atoms with E-state index in [9.17, 15) is 4.79 Å². The molecule has 1 amide bonds. The number of ether oxygens (including phenoxy) is 1. The quantitative estimate of drug-likeness (QED) is 0.874. The van der Waals surface area contributed by atoms with Crippen molar-refractivity contribution in [1.82, 2.24) is 0 Å². The summed E-state index contributed by atoms with van der Waals surface area (Å²) in [7, 11) is 0. The third-order valence-corrected chi connectivity index (χ3v) is 2.30. The molecule has 85 valence electrons. The lowest BCUT2D eigenvalue weighted by molar-refractivity contribution is 0.0998. The van der Waals surface area contributed by atoms with Gasteiger partial charge in [0.2, 0.25) is 0 Å². The number of hydrogen-bond acceptors (Lipinski definition) is 2. The second kappa shape index (κ2) is 4.70. The van der Waals surface area contributed by atoms with Gasteiger partial charge < -0.3 is 10.5 Å². The predicted molar refractivity (Wildman–Crippen MR) is 65.0 cm³/mol. The summed E-state index contributed by atoms with van der Waals surface area (Å²) in [6.45, 7) is 1.92. The summed E-state index contributed by atoms with van der Waals surface area (Å²) in [5.41, 5.74) is 6.62. The highest BCUT2D eigenvalue weighted by Gasteiger charge is 2.08. The van der Waals surface area contributed by atoms with Gasteiger partial charge in [0.05, 0.1) is 5.56 Å². The van der Waals surface area contributed by atoms with Gasteiger partial charge in [0.1, 0.15) is 11.5 Å². The van der Waals surface area contributed by atoms with Crippen LogP contribution in [0.4, 0.5) is 0 Å². The Hall–Kier alpha value is -2.29. The third kappa shape index (κ3) is 2.64. The highest BCUT2D eigenvalue weighted by Crippen LogP contribution is 2.25. The molecule has 0 spiro atoms. The second-order valence-electron chi connectivity index (χ2n) is 3.67. The van der Waals surface area contributed by atoms with E-state index in [-0.39, 0.29) is 0 Å². The van der Waals surface area contributed by atoms with Crippen LogP contribution in [0.5, 0.6) is 11.5 Å². The van der Waals surface area contributed by atoms with Crippen molar-refractivity contribution in [3.05, 3.63) is 59.7 Å². The lowest BCUT2D eigenvalue weighted by Crippen LogP contribution is -2.11. The summed E-state index contributed by atoms with van der Waals surface area (Å²) in [4.78, 5) is 11.2. The molecular weight excluding hydrogens is 214 g/mol. The number of para-hydroxylation sites is 1. The first-order valence-electron chi connectivity index (χ1n) is 5.22.